The van der Waals surface area contributed by atoms with E-state index >= 15 is 0 Å². The van der Waals surface area contributed by atoms with Crippen molar-refractivity contribution in [1.82, 2.24) is 0 Å². The molecule has 44 heavy (non-hydrogen) atoms. The highest BCUT2D eigenvalue weighted by molar-refractivity contribution is 14.1. The number of rotatable bonds is 10. The van der Waals surface area contributed by atoms with Gasteiger partial charge in [0.1, 0.15) is 0 Å². The molecule has 0 fully saturated rings. The van der Waals surface area contributed by atoms with Gasteiger partial charge in [-0.05, 0) is 142 Å². The van der Waals surface area contributed by atoms with Crippen LogP contribution in [0, 0.1) is 7.14 Å². The van der Waals surface area contributed by atoms with Crippen LogP contribution in [0.5, 0.6) is 0 Å². The second-order valence-corrected chi connectivity index (χ2v) is 12.3. The van der Waals surface area contributed by atoms with E-state index in [-0.39, 0.29) is 13.2 Å². The van der Waals surface area contributed by atoms with Crippen molar-refractivity contribution in [1.29, 1.82) is 0 Å². The van der Waals surface area contributed by atoms with Crippen LogP contribution in [0.4, 0.5) is 22.7 Å². The van der Waals surface area contributed by atoms with Gasteiger partial charge in [-0.3, -0.25) is 0 Å². The molecule has 0 saturated heterocycles. The van der Waals surface area contributed by atoms with Crippen LogP contribution in [0.2, 0.25) is 0 Å². The first kappa shape index (κ1) is 31.5. The van der Waals surface area contributed by atoms with Crippen molar-refractivity contribution in [3.63, 3.8) is 0 Å². The molecule has 2 N–H and O–H groups in total. The van der Waals surface area contributed by atoms with Gasteiger partial charge in [0.15, 0.2) is 0 Å². The largest absolute Gasteiger partial charge is 0.462 e. The van der Waals surface area contributed by atoms with Gasteiger partial charge in [-0.15, -0.1) is 0 Å². The third-order valence-corrected chi connectivity index (χ3v) is 8.27. The van der Waals surface area contributed by atoms with Crippen LogP contribution in [0.1, 0.15) is 34.6 Å². The molecular weight excluding hydrogens is 778 g/mol. The third-order valence-electron chi connectivity index (χ3n) is 6.83. The molecule has 0 atom stereocenters. The van der Waals surface area contributed by atoms with E-state index in [1.165, 1.54) is 7.14 Å². The van der Waals surface area contributed by atoms with Gasteiger partial charge in [0, 0.05) is 18.5 Å². The lowest BCUT2D eigenvalue weighted by Crippen LogP contribution is -2.13. The number of anilines is 4. The minimum absolute atomic E-state index is 0.214. The van der Waals surface area contributed by atoms with Gasteiger partial charge in [0.25, 0.3) is 0 Å². The highest BCUT2D eigenvalue weighted by Crippen LogP contribution is 2.33. The number of ether oxygens (including phenoxy) is 2. The Bertz CT molecular complexity index is 1620. The van der Waals surface area contributed by atoms with E-state index in [0.717, 1.165) is 33.6 Å². The Labute approximate surface area is 284 Å². The zero-order chi connectivity index (χ0) is 31.1. The molecule has 0 aliphatic heterocycles. The summed E-state index contributed by atoms with van der Waals surface area (Å²) in [4.78, 5) is 26.3. The molecule has 5 rings (SSSR count). The van der Waals surface area contributed by atoms with Crippen molar-refractivity contribution < 1.29 is 19.1 Å². The maximum absolute atomic E-state index is 13.2. The summed E-state index contributed by atoms with van der Waals surface area (Å²) >= 11 is 4.57. The fraction of sp³-hybridized carbons (Fsp3) is 0.111. The quantitative estimate of drug-likeness (QED) is 0.108. The fourth-order valence-corrected chi connectivity index (χ4v) is 5.37. The first-order chi connectivity index (χ1) is 21.3. The van der Waals surface area contributed by atoms with Gasteiger partial charge in [-0.2, -0.15) is 0 Å². The predicted octanol–water partition coefficient (Wildman–Crippen LogP) is 10.1. The summed E-state index contributed by atoms with van der Waals surface area (Å²) in [5, 5.41) is 6.64. The summed E-state index contributed by atoms with van der Waals surface area (Å²) in [5.74, 6) is -1.00. The Morgan fingerprint density at radius 3 is 1.11 bits per heavy atom. The summed E-state index contributed by atoms with van der Waals surface area (Å²) in [7, 11) is 0. The second-order valence-electron chi connectivity index (χ2n) is 9.80. The van der Waals surface area contributed by atoms with Gasteiger partial charge in [-0.25, -0.2) is 9.59 Å². The van der Waals surface area contributed by atoms with Crippen molar-refractivity contribution >= 4 is 79.9 Å². The number of esters is 2. The van der Waals surface area contributed by atoms with Crippen LogP contribution >= 0.6 is 45.2 Å². The first-order valence-corrected chi connectivity index (χ1v) is 16.3. The minimum atomic E-state index is -0.502. The Balaban J connectivity index is 1.48. The Morgan fingerprint density at radius 2 is 0.818 bits per heavy atom. The lowest BCUT2D eigenvalue weighted by atomic mass is 10.0. The molecule has 0 aliphatic rings. The van der Waals surface area contributed by atoms with Gasteiger partial charge in [0.05, 0.1) is 35.7 Å². The maximum Gasteiger partial charge on any atom is 0.340 e. The Kier molecular flexibility index (Phi) is 10.5. The van der Waals surface area contributed by atoms with E-state index in [9.17, 15) is 9.59 Å². The summed E-state index contributed by atoms with van der Waals surface area (Å²) in [6.45, 7) is 3.95. The number of carbonyl (C=O) groups excluding carboxylic acids is 2. The molecule has 5 aromatic carbocycles. The van der Waals surface area contributed by atoms with Crippen molar-refractivity contribution in [2.24, 2.45) is 0 Å². The van der Waals surface area contributed by atoms with Gasteiger partial charge in [0.2, 0.25) is 0 Å². The lowest BCUT2D eigenvalue weighted by Gasteiger charge is -2.18. The molecule has 0 radical (unpaired) electrons. The second kappa shape index (κ2) is 14.7. The minimum Gasteiger partial charge on any atom is -0.462 e. The topological polar surface area (TPSA) is 76.7 Å². The van der Waals surface area contributed by atoms with Crippen LogP contribution in [0.25, 0.3) is 22.3 Å². The number of nitrogens with one attached hydrogen (secondary N) is 2. The molecular formula is C36H30I2N2O4. The normalized spacial score (nSPS) is 10.6. The molecule has 0 heterocycles. The standard InChI is InChI=1S/C36H30I2N2O4/c1-3-43-35(41)31-21-34(40-30-19-11-26(12-20-30)24-7-15-28(38)16-8-24)32(36(42)44-4-2)22-33(31)39-29-17-9-25(10-18-29)23-5-13-27(37)14-6-23/h5-22,39-40H,3-4H2,1-2H3. The molecule has 8 heteroatoms. The van der Waals surface area contributed by atoms with Gasteiger partial charge in [-0.1, -0.05) is 48.5 Å². The van der Waals surface area contributed by atoms with E-state index in [1.807, 2.05) is 48.5 Å². The highest BCUT2D eigenvalue weighted by Gasteiger charge is 2.22. The summed E-state index contributed by atoms with van der Waals surface area (Å²) < 4.78 is 13.1. The fourth-order valence-electron chi connectivity index (χ4n) is 4.65. The highest BCUT2D eigenvalue weighted by atomic mass is 127. The molecule has 0 spiro atoms. The van der Waals surface area contributed by atoms with Crippen LogP contribution in [0.15, 0.2) is 109 Å². The van der Waals surface area contributed by atoms with Crippen LogP contribution < -0.4 is 10.6 Å². The predicted molar refractivity (Wildman–Crippen MR) is 194 cm³/mol. The maximum atomic E-state index is 13.2. The van der Waals surface area contributed by atoms with Crippen molar-refractivity contribution in [2.45, 2.75) is 13.8 Å². The van der Waals surface area contributed by atoms with E-state index in [4.69, 9.17) is 9.47 Å². The molecule has 0 saturated carbocycles. The van der Waals surface area contributed by atoms with E-state index in [1.54, 1.807) is 26.0 Å². The summed E-state index contributed by atoms with van der Waals surface area (Å²) in [6, 6.07) is 35.7. The lowest BCUT2D eigenvalue weighted by molar-refractivity contribution is 0.0513. The van der Waals surface area contributed by atoms with Crippen LogP contribution in [-0.2, 0) is 9.47 Å². The average Bonchev–Trinajstić information content (AvgIpc) is 3.03. The molecule has 0 unspecified atom stereocenters. The molecule has 6 nitrogen and oxygen atoms in total. The zero-order valence-corrected chi connectivity index (χ0v) is 28.5. The van der Waals surface area contributed by atoms with Crippen molar-refractivity contribution in [3.05, 3.63) is 127 Å². The third kappa shape index (κ3) is 7.78. The average molecular weight is 808 g/mol. The number of halogens is 2. The molecule has 0 bridgehead atoms. The molecule has 222 valence electrons. The smallest absolute Gasteiger partial charge is 0.340 e. The molecule has 5 aromatic rings. The molecule has 0 aliphatic carbocycles. The Morgan fingerprint density at radius 1 is 0.523 bits per heavy atom. The van der Waals surface area contributed by atoms with E-state index < -0.39 is 11.9 Å². The van der Waals surface area contributed by atoms with Crippen molar-refractivity contribution in [3.8, 4) is 22.3 Å². The van der Waals surface area contributed by atoms with Crippen LogP contribution in [0.3, 0.4) is 0 Å². The molecule has 0 aromatic heterocycles. The summed E-state index contributed by atoms with van der Waals surface area (Å²) in [6.07, 6.45) is 0. The monoisotopic (exact) mass is 808 g/mol. The van der Waals surface area contributed by atoms with E-state index in [0.29, 0.717) is 22.5 Å². The number of hydrogen-bond acceptors (Lipinski definition) is 6. The SMILES string of the molecule is CCOC(=O)c1cc(Nc2ccc(-c3ccc(I)cc3)cc2)c(C(=O)OCC)cc1Nc1ccc(-c2ccc(I)cc2)cc1. The number of benzene rings is 5. The number of carbonyl (C=O) groups is 2. The van der Waals surface area contributed by atoms with Crippen LogP contribution in [-0.4, -0.2) is 25.2 Å². The van der Waals surface area contributed by atoms with E-state index in [2.05, 4.69) is 104 Å². The zero-order valence-electron chi connectivity index (χ0n) is 24.2. The van der Waals surface area contributed by atoms with Gasteiger partial charge < -0.3 is 20.1 Å². The molecule has 0 amide bonds. The Hall–Kier alpha value is -3.90. The van der Waals surface area contributed by atoms with Crippen molar-refractivity contribution in [2.75, 3.05) is 23.8 Å². The first-order valence-electron chi connectivity index (χ1n) is 14.1. The van der Waals surface area contributed by atoms with Gasteiger partial charge >= 0.3 is 11.9 Å². The number of hydrogen-bond donors (Lipinski definition) is 2. The summed E-state index contributed by atoms with van der Waals surface area (Å²) in [5.41, 5.74) is 7.32.